The maximum atomic E-state index is 12.4. The average Bonchev–Trinajstić information content (AvgIpc) is 2.50. The molecule has 1 aliphatic rings. The molecule has 2 aromatic rings. The molecule has 0 aromatic heterocycles. The quantitative estimate of drug-likeness (QED) is 0.837. The summed E-state index contributed by atoms with van der Waals surface area (Å²) in [5.74, 6) is 0.585. The predicted molar refractivity (Wildman–Crippen MR) is 82.6 cm³/mol. The number of hydrogen-bond acceptors (Lipinski definition) is 3. The third-order valence-corrected chi connectivity index (χ3v) is 3.83. The highest BCUT2D eigenvalue weighted by Crippen LogP contribution is 2.32. The molecule has 1 unspecified atom stereocenters. The highest BCUT2D eigenvalue weighted by atomic mass is 35.5. The van der Waals surface area contributed by atoms with Crippen LogP contribution in [0.5, 0.6) is 5.75 Å². The van der Waals surface area contributed by atoms with Crippen LogP contribution in [0.15, 0.2) is 42.5 Å². The van der Waals surface area contributed by atoms with Crippen LogP contribution in [-0.4, -0.2) is 12.5 Å². The van der Waals surface area contributed by atoms with Crippen LogP contribution >= 0.6 is 11.6 Å². The third kappa shape index (κ3) is 2.81. The van der Waals surface area contributed by atoms with Gasteiger partial charge >= 0.3 is 0 Å². The standard InChI is InChI=1S/C16H15ClN2O2/c17-13-6-5-10(18)9-12(13)16(20)19-14-7-8-21-15-4-2-1-3-11(14)15/h1-6,9,14H,7-8,18H2,(H,19,20). The van der Waals surface area contributed by atoms with Crippen molar-refractivity contribution < 1.29 is 9.53 Å². The predicted octanol–water partition coefficient (Wildman–Crippen LogP) is 3.18. The number of amides is 1. The Morgan fingerprint density at radius 1 is 1.29 bits per heavy atom. The van der Waals surface area contributed by atoms with Crippen molar-refractivity contribution in [1.29, 1.82) is 0 Å². The van der Waals surface area contributed by atoms with Crippen molar-refractivity contribution >= 4 is 23.2 Å². The molecule has 0 saturated carbocycles. The number of anilines is 1. The first-order chi connectivity index (χ1) is 10.1. The highest BCUT2D eigenvalue weighted by molar-refractivity contribution is 6.34. The van der Waals surface area contributed by atoms with Crippen LogP contribution in [0.1, 0.15) is 28.4 Å². The average molecular weight is 303 g/mol. The maximum absolute atomic E-state index is 12.4. The van der Waals surface area contributed by atoms with Crippen molar-refractivity contribution in [1.82, 2.24) is 5.32 Å². The van der Waals surface area contributed by atoms with E-state index in [1.54, 1.807) is 18.2 Å². The minimum Gasteiger partial charge on any atom is -0.493 e. The number of halogens is 1. The van der Waals surface area contributed by atoms with Crippen LogP contribution < -0.4 is 15.8 Å². The second-order valence-corrected chi connectivity index (χ2v) is 5.35. The summed E-state index contributed by atoms with van der Waals surface area (Å²) in [7, 11) is 0. The Morgan fingerprint density at radius 2 is 2.10 bits per heavy atom. The Labute approximate surface area is 127 Å². The van der Waals surface area contributed by atoms with E-state index in [0.717, 1.165) is 17.7 Å². The minimum atomic E-state index is -0.228. The number of fused-ring (bicyclic) bond motifs is 1. The molecular formula is C16H15ClN2O2. The monoisotopic (exact) mass is 302 g/mol. The molecule has 0 radical (unpaired) electrons. The lowest BCUT2D eigenvalue weighted by molar-refractivity contribution is 0.0925. The van der Waals surface area contributed by atoms with Gasteiger partial charge in [-0.05, 0) is 24.3 Å². The van der Waals surface area contributed by atoms with Gasteiger partial charge < -0.3 is 15.8 Å². The number of nitrogens with two attached hydrogens (primary N) is 1. The fourth-order valence-corrected chi connectivity index (χ4v) is 2.65. The Balaban J connectivity index is 1.84. The van der Waals surface area contributed by atoms with Gasteiger partial charge in [0.05, 0.1) is 23.2 Å². The van der Waals surface area contributed by atoms with Crippen molar-refractivity contribution in [3.63, 3.8) is 0 Å². The van der Waals surface area contributed by atoms with Gasteiger partial charge in [-0.15, -0.1) is 0 Å². The zero-order valence-corrected chi connectivity index (χ0v) is 12.1. The molecule has 5 heteroatoms. The molecule has 1 aliphatic heterocycles. The molecule has 1 heterocycles. The topological polar surface area (TPSA) is 64.4 Å². The number of nitrogens with one attached hydrogen (secondary N) is 1. The van der Waals surface area contributed by atoms with Crippen LogP contribution in [0, 0.1) is 0 Å². The van der Waals surface area contributed by atoms with Crippen molar-refractivity contribution in [2.45, 2.75) is 12.5 Å². The summed E-state index contributed by atoms with van der Waals surface area (Å²) in [6, 6.07) is 12.5. The van der Waals surface area contributed by atoms with Gasteiger partial charge in [0, 0.05) is 17.7 Å². The van der Waals surface area contributed by atoms with Gasteiger partial charge in [0.15, 0.2) is 0 Å². The van der Waals surface area contributed by atoms with E-state index in [1.807, 2.05) is 24.3 Å². The summed E-state index contributed by atoms with van der Waals surface area (Å²) in [4.78, 5) is 12.4. The second-order valence-electron chi connectivity index (χ2n) is 4.94. The van der Waals surface area contributed by atoms with Crippen LogP contribution in [0.25, 0.3) is 0 Å². The van der Waals surface area contributed by atoms with Crippen LogP contribution in [0.3, 0.4) is 0 Å². The van der Waals surface area contributed by atoms with E-state index in [4.69, 9.17) is 22.1 Å². The largest absolute Gasteiger partial charge is 0.493 e. The van der Waals surface area contributed by atoms with E-state index in [2.05, 4.69) is 5.32 Å². The maximum Gasteiger partial charge on any atom is 0.253 e. The minimum absolute atomic E-state index is 0.0834. The summed E-state index contributed by atoms with van der Waals surface area (Å²) in [5.41, 5.74) is 7.60. The van der Waals surface area contributed by atoms with E-state index in [9.17, 15) is 4.79 Å². The van der Waals surface area contributed by atoms with E-state index < -0.39 is 0 Å². The van der Waals surface area contributed by atoms with E-state index >= 15 is 0 Å². The molecule has 0 spiro atoms. The van der Waals surface area contributed by atoms with Gasteiger partial charge in [-0.1, -0.05) is 29.8 Å². The molecule has 21 heavy (non-hydrogen) atoms. The summed E-state index contributed by atoms with van der Waals surface area (Å²) < 4.78 is 5.59. The second kappa shape index (κ2) is 5.66. The number of hydrogen-bond donors (Lipinski definition) is 2. The molecule has 108 valence electrons. The molecule has 0 fully saturated rings. The molecule has 0 saturated heterocycles. The van der Waals surface area contributed by atoms with Gasteiger partial charge in [-0.2, -0.15) is 0 Å². The normalized spacial score (nSPS) is 16.7. The first-order valence-corrected chi connectivity index (χ1v) is 7.10. The molecular weight excluding hydrogens is 288 g/mol. The number of ether oxygens (including phenoxy) is 1. The number of para-hydroxylation sites is 1. The van der Waals surface area contributed by atoms with Gasteiger partial charge in [0.1, 0.15) is 5.75 Å². The Hall–Kier alpha value is -2.20. The van der Waals surface area contributed by atoms with Crippen molar-refractivity contribution in [2.75, 3.05) is 12.3 Å². The third-order valence-electron chi connectivity index (χ3n) is 3.50. The van der Waals surface area contributed by atoms with Crippen LogP contribution in [0.4, 0.5) is 5.69 Å². The SMILES string of the molecule is Nc1ccc(Cl)c(C(=O)NC2CCOc3ccccc32)c1. The Kier molecular flexibility index (Phi) is 3.71. The van der Waals surface area contributed by atoms with Gasteiger partial charge in [-0.25, -0.2) is 0 Å². The molecule has 0 bridgehead atoms. The first kappa shape index (κ1) is 13.8. The van der Waals surface area contributed by atoms with Gasteiger partial charge in [0.25, 0.3) is 5.91 Å². The van der Waals surface area contributed by atoms with Crippen molar-refractivity contribution in [3.05, 3.63) is 58.6 Å². The number of benzene rings is 2. The molecule has 1 amide bonds. The van der Waals surface area contributed by atoms with Crippen molar-refractivity contribution in [2.24, 2.45) is 0 Å². The summed E-state index contributed by atoms with van der Waals surface area (Å²) >= 11 is 6.07. The molecule has 4 nitrogen and oxygen atoms in total. The molecule has 3 N–H and O–H groups in total. The van der Waals surface area contributed by atoms with Crippen LogP contribution in [-0.2, 0) is 0 Å². The lowest BCUT2D eigenvalue weighted by atomic mass is 10.00. The summed E-state index contributed by atoms with van der Waals surface area (Å²) in [6.45, 7) is 0.576. The molecule has 3 rings (SSSR count). The number of rotatable bonds is 2. The van der Waals surface area contributed by atoms with E-state index in [1.165, 1.54) is 0 Å². The lowest BCUT2D eigenvalue weighted by Gasteiger charge is -2.26. The molecule has 0 aliphatic carbocycles. The zero-order valence-electron chi connectivity index (χ0n) is 11.3. The van der Waals surface area contributed by atoms with E-state index in [0.29, 0.717) is 22.9 Å². The van der Waals surface area contributed by atoms with Crippen LogP contribution in [0.2, 0.25) is 5.02 Å². The lowest BCUT2D eigenvalue weighted by Crippen LogP contribution is -2.32. The summed E-state index contributed by atoms with van der Waals surface area (Å²) in [6.07, 6.45) is 0.725. The van der Waals surface area contributed by atoms with Crippen molar-refractivity contribution in [3.8, 4) is 5.75 Å². The van der Waals surface area contributed by atoms with Gasteiger partial charge in [-0.3, -0.25) is 4.79 Å². The molecule has 2 aromatic carbocycles. The Bertz CT molecular complexity index is 688. The fraction of sp³-hybridized carbons (Fsp3) is 0.188. The number of carbonyl (C=O) groups is 1. The smallest absolute Gasteiger partial charge is 0.253 e. The van der Waals surface area contributed by atoms with E-state index in [-0.39, 0.29) is 11.9 Å². The zero-order chi connectivity index (χ0) is 14.8. The highest BCUT2D eigenvalue weighted by Gasteiger charge is 2.23. The molecule has 1 atom stereocenters. The Morgan fingerprint density at radius 3 is 2.95 bits per heavy atom. The fourth-order valence-electron chi connectivity index (χ4n) is 2.44. The number of nitrogen functional groups attached to an aromatic ring is 1. The number of carbonyl (C=O) groups excluding carboxylic acids is 1. The van der Waals surface area contributed by atoms with Gasteiger partial charge in [0.2, 0.25) is 0 Å². The first-order valence-electron chi connectivity index (χ1n) is 6.73. The summed E-state index contributed by atoms with van der Waals surface area (Å²) in [5, 5.41) is 3.39.